The van der Waals surface area contributed by atoms with Gasteiger partial charge in [-0.1, -0.05) is 93.6 Å². The summed E-state index contributed by atoms with van der Waals surface area (Å²) in [6.45, 7) is 3.31. The van der Waals surface area contributed by atoms with E-state index < -0.39 is 12.1 Å². The Labute approximate surface area is 211 Å². The van der Waals surface area contributed by atoms with Crippen LogP contribution in [-0.2, 0) is 22.5 Å². The topological polar surface area (TPSA) is 46.5 Å². The van der Waals surface area contributed by atoms with Gasteiger partial charge in [0.1, 0.15) is 12.6 Å². The van der Waals surface area contributed by atoms with Gasteiger partial charge >= 0.3 is 5.97 Å². The molecule has 0 amide bonds. The lowest BCUT2D eigenvalue weighted by atomic mass is 9.95. The zero-order chi connectivity index (χ0) is 24.7. The van der Waals surface area contributed by atoms with Gasteiger partial charge in [0, 0.05) is 31.2 Å². The molecule has 2 aliphatic heterocycles. The molecule has 0 aromatic heterocycles. The molecule has 0 saturated carbocycles. The molecule has 2 aromatic carbocycles. The number of carbonyl (C=O) groups excluding carboxylic acids is 1. The lowest BCUT2D eigenvalue weighted by Gasteiger charge is -2.47. The number of hydrogen-bond acceptors (Lipinski definition) is 3. The van der Waals surface area contributed by atoms with Gasteiger partial charge in [0.2, 0.25) is 0 Å². The molecule has 35 heavy (non-hydrogen) atoms. The maximum Gasteiger partial charge on any atom is 0.339 e. The van der Waals surface area contributed by atoms with Crippen molar-refractivity contribution in [1.82, 2.24) is 0 Å². The summed E-state index contributed by atoms with van der Waals surface area (Å²) < 4.78 is 6.86. The number of aryl methyl sites for hydroxylation is 1. The van der Waals surface area contributed by atoms with Crippen molar-refractivity contribution in [3.63, 3.8) is 0 Å². The third-order valence-electron chi connectivity index (χ3n) is 8.56. The quantitative estimate of drug-likeness (QED) is 0.215. The summed E-state index contributed by atoms with van der Waals surface area (Å²) in [6.07, 6.45) is 12.1. The molecular weight excluding hydrogens is 434 g/mol. The van der Waals surface area contributed by atoms with Crippen molar-refractivity contribution in [2.24, 2.45) is 0 Å². The standard InChI is InChI=1S/C31H44NO3/c1-3-4-5-6-7-9-12-24-15-17-25(18-16-24)23-32(2)27-19-20-28(32)22-29(21-27)35-31(34)30(33)26-13-10-8-11-14-26/h8,10-11,13-18,27-30,33H,3-7,9,12,19-23H2,1-2H3/q+1/t27-,28+,29?,30?,32?. The Kier molecular flexibility index (Phi) is 9.02. The van der Waals surface area contributed by atoms with Crippen LogP contribution in [0.1, 0.15) is 93.9 Å². The number of fused-ring (bicyclic) bond motifs is 2. The van der Waals surface area contributed by atoms with E-state index in [-0.39, 0.29) is 6.10 Å². The molecule has 2 heterocycles. The van der Waals surface area contributed by atoms with Gasteiger partial charge in [0.15, 0.2) is 6.10 Å². The predicted octanol–water partition coefficient (Wildman–Crippen LogP) is 6.51. The first kappa shape index (κ1) is 25.9. The number of unbranched alkanes of at least 4 members (excludes halogenated alkanes) is 5. The van der Waals surface area contributed by atoms with E-state index in [0.717, 1.165) is 23.9 Å². The largest absolute Gasteiger partial charge is 0.460 e. The molecule has 3 unspecified atom stereocenters. The Morgan fingerprint density at radius 3 is 2.17 bits per heavy atom. The van der Waals surface area contributed by atoms with Crippen LogP contribution in [0.25, 0.3) is 0 Å². The second-order valence-electron chi connectivity index (χ2n) is 11.1. The highest BCUT2D eigenvalue weighted by atomic mass is 16.6. The third kappa shape index (κ3) is 6.54. The second kappa shape index (κ2) is 12.2. The first-order chi connectivity index (χ1) is 17.0. The highest BCUT2D eigenvalue weighted by molar-refractivity contribution is 5.76. The maximum atomic E-state index is 12.6. The number of ether oxygens (including phenoxy) is 1. The van der Waals surface area contributed by atoms with Crippen LogP contribution in [0, 0.1) is 0 Å². The molecule has 5 atom stereocenters. The number of rotatable bonds is 12. The molecule has 0 spiro atoms. The molecule has 4 rings (SSSR count). The van der Waals surface area contributed by atoms with Crippen LogP contribution in [0.5, 0.6) is 0 Å². The van der Waals surface area contributed by atoms with Gasteiger partial charge in [-0.2, -0.15) is 0 Å². The summed E-state index contributed by atoms with van der Waals surface area (Å²) in [6, 6.07) is 19.4. The normalized spacial score (nSPS) is 26.4. The van der Waals surface area contributed by atoms with Crippen LogP contribution in [-0.4, -0.2) is 40.8 Å². The van der Waals surface area contributed by atoms with Crippen molar-refractivity contribution in [2.45, 2.75) is 108 Å². The average molecular weight is 479 g/mol. The minimum Gasteiger partial charge on any atom is -0.460 e. The predicted molar refractivity (Wildman–Crippen MR) is 141 cm³/mol. The van der Waals surface area contributed by atoms with E-state index >= 15 is 0 Å². The summed E-state index contributed by atoms with van der Waals surface area (Å²) in [7, 11) is 2.39. The average Bonchev–Trinajstić information content (AvgIpc) is 3.03. The highest BCUT2D eigenvalue weighted by Crippen LogP contribution is 2.43. The van der Waals surface area contributed by atoms with E-state index in [1.54, 1.807) is 12.1 Å². The summed E-state index contributed by atoms with van der Waals surface area (Å²) in [5.41, 5.74) is 3.46. The van der Waals surface area contributed by atoms with E-state index in [1.807, 2.05) is 18.2 Å². The molecule has 2 aromatic rings. The molecule has 2 aliphatic rings. The molecule has 1 N–H and O–H groups in total. The number of benzene rings is 2. The number of nitrogens with zero attached hydrogens (tertiary/aromatic N) is 1. The molecule has 0 radical (unpaired) electrons. The van der Waals surface area contributed by atoms with Gasteiger partial charge in [-0.15, -0.1) is 0 Å². The number of hydrogen-bond donors (Lipinski definition) is 1. The Hall–Kier alpha value is -2.17. The van der Waals surface area contributed by atoms with E-state index in [2.05, 4.69) is 38.2 Å². The van der Waals surface area contributed by atoms with Gasteiger partial charge in [-0.25, -0.2) is 4.79 Å². The lowest BCUT2D eigenvalue weighted by Crippen LogP contribution is -2.58. The molecule has 2 bridgehead atoms. The van der Waals surface area contributed by atoms with Crippen LogP contribution in [0.4, 0.5) is 0 Å². The number of aliphatic hydroxyl groups is 1. The molecule has 0 aliphatic carbocycles. The fourth-order valence-electron chi connectivity index (χ4n) is 6.36. The molecule has 2 fully saturated rings. The molecule has 190 valence electrons. The van der Waals surface area contributed by atoms with E-state index in [4.69, 9.17) is 4.74 Å². The van der Waals surface area contributed by atoms with Crippen molar-refractivity contribution >= 4 is 5.97 Å². The second-order valence-corrected chi connectivity index (χ2v) is 11.1. The third-order valence-corrected chi connectivity index (χ3v) is 8.56. The molecule has 4 heteroatoms. The number of quaternary nitrogens is 1. The highest BCUT2D eigenvalue weighted by Gasteiger charge is 2.52. The summed E-state index contributed by atoms with van der Waals surface area (Å²) in [4.78, 5) is 12.6. The minimum atomic E-state index is -1.20. The van der Waals surface area contributed by atoms with E-state index in [1.165, 1.54) is 68.9 Å². The smallest absolute Gasteiger partial charge is 0.339 e. The number of piperidine rings is 1. The van der Waals surface area contributed by atoms with Crippen LogP contribution < -0.4 is 0 Å². The van der Waals surface area contributed by atoms with Gasteiger partial charge in [-0.3, -0.25) is 0 Å². The monoisotopic (exact) mass is 478 g/mol. The Morgan fingerprint density at radius 2 is 1.51 bits per heavy atom. The first-order valence-electron chi connectivity index (χ1n) is 13.9. The Balaban J connectivity index is 1.27. The van der Waals surface area contributed by atoms with E-state index in [0.29, 0.717) is 17.6 Å². The van der Waals surface area contributed by atoms with Gasteiger partial charge < -0.3 is 14.3 Å². The van der Waals surface area contributed by atoms with Crippen LogP contribution in [0.3, 0.4) is 0 Å². The van der Waals surface area contributed by atoms with Crippen molar-refractivity contribution in [1.29, 1.82) is 0 Å². The fourth-order valence-corrected chi connectivity index (χ4v) is 6.36. The summed E-state index contributed by atoms with van der Waals surface area (Å²) in [5, 5.41) is 10.4. The Bertz CT molecular complexity index is 912. The number of esters is 1. The van der Waals surface area contributed by atoms with Crippen molar-refractivity contribution < 1.29 is 19.1 Å². The van der Waals surface area contributed by atoms with Crippen molar-refractivity contribution in [3.8, 4) is 0 Å². The van der Waals surface area contributed by atoms with Crippen molar-refractivity contribution in [3.05, 3.63) is 71.3 Å². The van der Waals surface area contributed by atoms with Crippen molar-refractivity contribution in [2.75, 3.05) is 7.05 Å². The molecular formula is C31H44NO3+. The van der Waals surface area contributed by atoms with Crippen LogP contribution in [0.2, 0.25) is 0 Å². The SMILES string of the molecule is CCCCCCCCc1ccc(C[N+]2(C)[C@@H]3CC[C@H]2CC(OC(=O)C(O)c2ccccc2)C3)cc1. The molecule has 4 nitrogen and oxygen atoms in total. The first-order valence-corrected chi connectivity index (χ1v) is 13.9. The number of carbonyl (C=O) groups is 1. The minimum absolute atomic E-state index is 0.0933. The number of aliphatic hydroxyl groups excluding tert-OH is 1. The zero-order valence-electron chi connectivity index (χ0n) is 21.7. The maximum absolute atomic E-state index is 12.6. The van der Waals surface area contributed by atoms with Crippen LogP contribution >= 0.6 is 0 Å². The Morgan fingerprint density at radius 1 is 0.914 bits per heavy atom. The van der Waals surface area contributed by atoms with Gasteiger partial charge in [0.05, 0.1) is 19.1 Å². The molecule has 2 saturated heterocycles. The van der Waals surface area contributed by atoms with Gasteiger partial charge in [0.25, 0.3) is 0 Å². The lowest BCUT2D eigenvalue weighted by molar-refractivity contribution is -0.961. The van der Waals surface area contributed by atoms with Crippen LogP contribution in [0.15, 0.2) is 54.6 Å². The summed E-state index contributed by atoms with van der Waals surface area (Å²) in [5.74, 6) is -0.516. The van der Waals surface area contributed by atoms with Gasteiger partial charge in [-0.05, 0) is 24.0 Å². The fraction of sp³-hybridized carbons (Fsp3) is 0.581. The zero-order valence-corrected chi connectivity index (χ0v) is 21.7. The van der Waals surface area contributed by atoms with E-state index in [9.17, 15) is 9.90 Å². The summed E-state index contributed by atoms with van der Waals surface area (Å²) >= 11 is 0.